The van der Waals surface area contributed by atoms with Gasteiger partial charge in [-0.05, 0) is 29.7 Å². The van der Waals surface area contributed by atoms with Gasteiger partial charge in [0, 0.05) is 19.6 Å². The van der Waals surface area contributed by atoms with Crippen LogP contribution in [0.5, 0.6) is 5.75 Å². The lowest BCUT2D eigenvalue weighted by molar-refractivity contribution is 0.0659. The maximum Gasteiger partial charge on any atom is 0.119 e. The maximum absolute atomic E-state index is 10.5. The summed E-state index contributed by atoms with van der Waals surface area (Å²) >= 11 is 0. The van der Waals surface area contributed by atoms with Crippen molar-refractivity contribution in [3.63, 3.8) is 0 Å². The first-order chi connectivity index (χ1) is 13.3. The quantitative estimate of drug-likeness (QED) is 0.588. The van der Waals surface area contributed by atoms with E-state index in [-0.39, 0.29) is 0 Å². The summed E-state index contributed by atoms with van der Waals surface area (Å²) in [6.45, 7) is 2.58. The topological polar surface area (TPSA) is 32.7 Å². The Morgan fingerprint density at radius 3 is 1.93 bits per heavy atom. The van der Waals surface area contributed by atoms with E-state index in [0.29, 0.717) is 13.2 Å². The summed E-state index contributed by atoms with van der Waals surface area (Å²) in [6.07, 6.45) is 0.421. The third kappa shape index (κ3) is 6.89. The smallest absolute Gasteiger partial charge is 0.119 e. The molecule has 0 bridgehead atoms. The Morgan fingerprint density at radius 1 is 0.741 bits per heavy atom. The van der Waals surface area contributed by atoms with Gasteiger partial charge in [0.25, 0.3) is 0 Å². The van der Waals surface area contributed by atoms with Crippen LogP contribution in [0.2, 0.25) is 0 Å². The second kappa shape index (κ2) is 10.5. The van der Waals surface area contributed by atoms with Crippen LogP contribution < -0.4 is 4.74 Å². The zero-order chi connectivity index (χ0) is 18.7. The summed E-state index contributed by atoms with van der Waals surface area (Å²) in [5.74, 6) is 0.787. The lowest BCUT2D eigenvalue weighted by Gasteiger charge is -2.25. The minimum Gasteiger partial charge on any atom is -0.491 e. The Labute approximate surface area is 161 Å². The van der Waals surface area contributed by atoms with Gasteiger partial charge in [-0.15, -0.1) is 0 Å². The van der Waals surface area contributed by atoms with Crippen LogP contribution in [0.3, 0.4) is 0 Å². The van der Waals surface area contributed by atoms with Gasteiger partial charge in [-0.25, -0.2) is 0 Å². The molecule has 0 radical (unpaired) electrons. The number of rotatable bonds is 10. The summed E-state index contributed by atoms with van der Waals surface area (Å²) < 4.78 is 5.70. The maximum atomic E-state index is 10.5. The van der Waals surface area contributed by atoms with Crippen LogP contribution in [0.4, 0.5) is 0 Å². The minimum absolute atomic E-state index is 0.292. The first kappa shape index (κ1) is 19.2. The van der Waals surface area contributed by atoms with Gasteiger partial charge < -0.3 is 9.84 Å². The largest absolute Gasteiger partial charge is 0.491 e. The monoisotopic (exact) mass is 361 g/mol. The van der Waals surface area contributed by atoms with E-state index in [1.54, 1.807) is 0 Å². The molecule has 0 fully saturated rings. The third-order valence-corrected chi connectivity index (χ3v) is 4.46. The molecule has 3 heteroatoms. The molecule has 3 nitrogen and oxygen atoms in total. The van der Waals surface area contributed by atoms with Crippen molar-refractivity contribution in [3.8, 4) is 5.75 Å². The number of hydrogen-bond donors (Lipinski definition) is 1. The SMILES string of the molecule is OC(COc1ccccc1)CN(CCc1ccccc1)Cc1ccccc1. The predicted octanol–water partition coefficient (Wildman–Crippen LogP) is 4.17. The van der Waals surface area contributed by atoms with Crippen molar-refractivity contribution in [2.24, 2.45) is 0 Å². The second-order valence-corrected chi connectivity index (χ2v) is 6.73. The fourth-order valence-electron chi connectivity index (χ4n) is 3.07. The van der Waals surface area contributed by atoms with Crippen LogP contribution in [-0.4, -0.2) is 35.8 Å². The Balaban J connectivity index is 1.56. The summed E-state index contributed by atoms with van der Waals surface area (Å²) in [5, 5.41) is 10.5. The van der Waals surface area contributed by atoms with Crippen molar-refractivity contribution in [3.05, 3.63) is 102 Å². The highest BCUT2D eigenvalue weighted by Gasteiger charge is 2.13. The lowest BCUT2D eigenvalue weighted by Crippen LogP contribution is -2.36. The van der Waals surface area contributed by atoms with Crippen LogP contribution in [0.1, 0.15) is 11.1 Å². The average molecular weight is 361 g/mol. The molecule has 0 amide bonds. The normalized spacial score (nSPS) is 12.1. The molecule has 1 N–H and O–H groups in total. The molecule has 0 aliphatic carbocycles. The van der Waals surface area contributed by atoms with Crippen LogP contribution in [0.25, 0.3) is 0 Å². The molecule has 0 heterocycles. The van der Waals surface area contributed by atoms with Gasteiger partial charge in [0.15, 0.2) is 0 Å². The first-order valence-electron chi connectivity index (χ1n) is 9.46. The van der Waals surface area contributed by atoms with Crippen molar-refractivity contribution in [1.82, 2.24) is 4.90 Å². The summed E-state index contributed by atoms with van der Waals surface area (Å²) in [4.78, 5) is 2.29. The van der Waals surface area contributed by atoms with Gasteiger partial charge >= 0.3 is 0 Å². The lowest BCUT2D eigenvalue weighted by atomic mass is 10.1. The van der Waals surface area contributed by atoms with Crippen molar-refractivity contribution < 1.29 is 9.84 Å². The molecule has 0 saturated heterocycles. The number of nitrogens with zero attached hydrogens (tertiary/aromatic N) is 1. The van der Waals surface area contributed by atoms with E-state index in [0.717, 1.165) is 25.3 Å². The molecule has 3 rings (SSSR count). The molecule has 27 heavy (non-hydrogen) atoms. The van der Waals surface area contributed by atoms with Crippen molar-refractivity contribution in [1.29, 1.82) is 0 Å². The second-order valence-electron chi connectivity index (χ2n) is 6.73. The van der Waals surface area contributed by atoms with Crippen molar-refractivity contribution in [2.75, 3.05) is 19.7 Å². The highest BCUT2D eigenvalue weighted by atomic mass is 16.5. The number of ether oxygens (including phenoxy) is 1. The van der Waals surface area contributed by atoms with Crippen molar-refractivity contribution in [2.45, 2.75) is 19.1 Å². The molecule has 3 aromatic rings. The Morgan fingerprint density at radius 2 is 1.30 bits per heavy atom. The molecular formula is C24H27NO2. The molecule has 0 spiro atoms. The number of aliphatic hydroxyl groups is 1. The highest BCUT2D eigenvalue weighted by molar-refractivity contribution is 5.21. The summed E-state index contributed by atoms with van der Waals surface area (Å²) in [7, 11) is 0. The zero-order valence-corrected chi connectivity index (χ0v) is 15.6. The molecular weight excluding hydrogens is 334 g/mol. The molecule has 1 unspecified atom stereocenters. The Kier molecular flexibility index (Phi) is 7.45. The van der Waals surface area contributed by atoms with E-state index in [1.165, 1.54) is 11.1 Å². The Hall–Kier alpha value is -2.62. The zero-order valence-electron chi connectivity index (χ0n) is 15.6. The summed E-state index contributed by atoms with van der Waals surface area (Å²) in [6, 6.07) is 30.5. The molecule has 3 aromatic carbocycles. The fourth-order valence-corrected chi connectivity index (χ4v) is 3.07. The van der Waals surface area contributed by atoms with E-state index in [9.17, 15) is 5.11 Å². The number of aliphatic hydroxyl groups excluding tert-OH is 1. The fraction of sp³-hybridized carbons (Fsp3) is 0.250. The number of para-hydroxylation sites is 1. The van der Waals surface area contributed by atoms with E-state index in [4.69, 9.17) is 4.74 Å². The molecule has 1 atom stereocenters. The minimum atomic E-state index is -0.537. The van der Waals surface area contributed by atoms with Crippen LogP contribution in [-0.2, 0) is 13.0 Å². The van der Waals surface area contributed by atoms with Gasteiger partial charge in [-0.3, -0.25) is 4.90 Å². The van der Waals surface area contributed by atoms with Crippen LogP contribution >= 0.6 is 0 Å². The average Bonchev–Trinajstić information content (AvgIpc) is 2.73. The van der Waals surface area contributed by atoms with E-state index >= 15 is 0 Å². The van der Waals surface area contributed by atoms with Gasteiger partial charge in [0.1, 0.15) is 18.5 Å². The van der Waals surface area contributed by atoms with Crippen LogP contribution in [0.15, 0.2) is 91.0 Å². The van der Waals surface area contributed by atoms with Gasteiger partial charge in [0.05, 0.1) is 0 Å². The Bertz CT molecular complexity index is 762. The standard InChI is InChI=1S/C24H27NO2/c26-23(20-27-24-14-8-3-9-15-24)19-25(18-22-12-6-2-7-13-22)17-16-21-10-4-1-5-11-21/h1-15,23,26H,16-20H2. The molecule has 0 saturated carbocycles. The van der Waals surface area contributed by atoms with E-state index < -0.39 is 6.10 Å². The van der Waals surface area contributed by atoms with Crippen LogP contribution in [0, 0.1) is 0 Å². The third-order valence-electron chi connectivity index (χ3n) is 4.46. The van der Waals surface area contributed by atoms with Crippen molar-refractivity contribution >= 4 is 0 Å². The molecule has 0 aliphatic rings. The number of hydrogen-bond acceptors (Lipinski definition) is 3. The highest BCUT2D eigenvalue weighted by Crippen LogP contribution is 2.11. The molecule has 0 aliphatic heterocycles. The first-order valence-corrected chi connectivity index (χ1v) is 9.46. The molecule has 0 aromatic heterocycles. The van der Waals surface area contributed by atoms with Gasteiger partial charge in [-0.1, -0.05) is 78.9 Å². The molecule has 140 valence electrons. The van der Waals surface area contributed by atoms with E-state index in [1.807, 2.05) is 42.5 Å². The summed E-state index contributed by atoms with van der Waals surface area (Å²) in [5.41, 5.74) is 2.56. The van der Waals surface area contributed by atoms with E-state index in [2.05, 4.69) is 53.4 Å². The van der Waals surface area contributed by atoms with Gasteiger partial charge in [0.2, 0.25) is 0 Å². The number of benzene rings is 3. The van der Waals surface area contributed by atoms with Gasteiger partial charge in [-0.2, -0.15) is 0 Å². The predicted molar refractivity (Wildman–Crippen MR) is 110 cm³/mol.